The van der Waals surface area contributed by atoms with Crippen LogP contribution >= 0.6 is 0 Å². The summed E-state index contributed by atoms with van der Waals surface area (Å²) in [5.74, 6) is 1.60. The molecule has 1 aliphatic rings. The lowest BCUT2D eigenvalue weighted by Gasteiger charge is -2.28. The highest BCUT2D eigenvalue weighted by molar-refractivity contribution is 5.40. The van der Waals surface area contributed by atoms with Crippen molar-refractivity contribution in [2.75, 3.05) is 13.7 Å². The Morgan fingerprint density at radius 3 is 2.86 bits per heavy atom. The minimum atomic E-state index is -0.0774. The van der Waals surface area contributed by atoms with Crippen LogP contribution < -0.4 is 15.0 Å². The number of hydrogen-bond acceptors (Lipinski definition) is 6. The second kappa shape index (κ2) is 8.45. The van der Waals surface area contributed by atoms with Gasteiger partial charge in [-0.3, -0.25) is 14.7 Å². The Kier molecular flexibility index (Phi) is 5.57. The summed E-state index contributed by atoms with van der Waals surface area (Å²) in [4.78, 5) is 18.6. The van der Waals surface area contributed by atoms with Crippen molar-refractivity contribution in [3.63, 3.8) is 0 Å². The van der Waals surface area contributed by atoms with E-state index in [4.69, 9.17) is 9.47 Å². The van der Waals surface area contributed by atoms with Gasteiger partial charge in [0.2, 0.25) is 0 Å². The minimum absolute atomic E-state index is 0.0774. The fourth-order valence-corrected chi connectivity index (χ4v) is 3.51. The van der Waals surface area contributed by atoms with E-state index in [-0.39, 0.29) is 5.56 Å². The Hall–Kier alpha value is -3.19. The summed E-state index contributed by atoms with van der Waals surface area (Å²) in [6.07, 6.45) is 2.58. The van der Waals surface area contributed by atoms with Crippen LogP contribution in [0.3, 0.4) is 0 Å². The molecule has 4 rings (SSSR count). The molecule has 0 saturated heterocycles. The Balaban J connectivity index is 1.52. The zero-order valence-electron chi connectivity index (χ0n) is 16.7. The van der Waals surface area contributed by atoms with Gasteiger partial charge in [-0.1, -0.05) is 6.07 Å². The van der Waals surface area contributed by atoms with E-state index in [0.717, 1.165) is 47.0 Å². The quantitative estimate of drug-likeness (QED) is 0.641. The normalized spacial score (nSPS) is 13.7. The van der Waals surface area contributed by atoms with E-state index in [9.17, 15) is 4.79 Å². The Morgan fingerprint density at radius 1 is 1.17 bits per heavy atom. The number of fused-ring (bicyclic) bond motifs is 1. The summed E-state index contributed by atoms with van der Waals surface area (Å²) in [7, 11) is 3.35. The van der Waals surface area contributed by atoms with E-state index in [1.54, 1.807) is 26.4 Å². The summed E-state index contributed by atoms with van der Waals surface area (Å²) in [6.45, 7) is 2.66. The van der Waals surface area contributed by atoms with Crippen molar-refractivity contribution in [1.29, 1.82) is 0 Å². The molecule has 7 nitrogen and oxygen atoms in total. The number of aryl methyl sites for hydroxylation is 1. The molecule has 3 aromatic rings. The van der Waals surface area contributed by atoms with Crippen molar-refractivity contribution in [3.8, 4) is 11.5 Å². The van der Waals surface area contributed by atoms with Gasteiger partial charge in [-0.2, -0.15) is 5.10 Å². The topological polar surface area (TPSA) is 69.5 Å². The summed E-state index contributed by atoms with van der Waals surface area (Å²) in [5.41, 5.74) is 3.84. The molecule has 0 atom stereocenters. The van der Waals surface area contributed by atoms with E-state index in [1.807, 2.05) is 36.4 Å². The highest BCUT2D eigenvalue weighted by Gasteiger charge is 2.20. The predicted octanol–water partition coefficient (Wildman–Crippen LogP) is 2.32. The molecule has 0 amide bonds. The van der Waals surface area contributed by atoms with E-state index < -0.39 is 0 Å². The molecule has 150 valence electrons. The number of rotatable bonds is 6. The van der Waals surface area contributed by atoms with Crippen LogP contribution in [0.2, 0.25) is 0 Å². The molecule has 0 unspecified atom stereocenters. The van der Waals surface area contributed by atoms with Gasteiger partial charge in [0.25, 0.3) is 5.56 Å². The number of pyridine rings is 1. The van der Waals surface area contributed by atoms with Gasteiger partial charge in [0, 0.05) is 50.9 Å². The summed E-state index contributed by atoms with van der Waals surface area (Å²) >= 11 is 0. The highest BCUT2D eigenvalue weighted by Crippen LogP contribution is 2.28. The van der Waals surface area contributed by atoms with Gasteiger partial charge >= 0.3 is 0 Å². The van der Waals surface area contributed by atoms with Crippen LogP contribution in [0.15, 0.2) is 53.5 Å². The van der Waals surface area contributed by atoms with Crippen LogP contribution in [0.25, 0.3) is 0 Å². The first kappa shape index (κ1) is 19.1. The van der Waals surface area contributed by atoms with Crippen LogP contribution in [0.4, 0.5) is 0 Å². The SMILES string of the molecule is COc1ccc(OCc2ccccn2)c(CN2CCc3nn(C)c(=O)cc3C2)c1. The molecule has 0 aliphatic carbocycles. The molecule has 2 aromatic heterocycles. The maximum atomic E-state index is 12.0. The maximum Gasteiger partial charge on any atom is 0.266 e. The number of ether oxygens (including phenoxy) is 2. The van der Waals surface area contributed by atoms with Gasteiger partial charge in [0.15, 0.2) is 0 Å². The first-order valence-corrected chi connectivity index (χ1v) is 9.60. The third-order valence-electron chi connectivity index (χ3n) is 5.08. The molecular formula is C22H24N4O3. The predicted molar refractivity (Wildman–Crippen MR) is 109 cm³/mol. The Bertz CT molecular complexity index is 1050. The van der Waals surface area contributed by atoms with Crippen molar-refractivity contribution in [3.05, 3.63) is 81.5 Å². The number of aromatic nitrogens is 3. The maximum absolute atomic E-state index is 12.0. The zero-order chi connectivity index (χ0) is 20.2. The second-order valence-corrected chi connectivity index (χ2v) is 7.12. The molecule has 1 aliphatic heterocycles. The van der Waals surface area contributed by atoms with Gasteiger partial charge in [0.05, 0.1) is 18.5 Å². The van der Waals surface area contributed by atoms with Crippen molar-refractivity contribution in [2.24, 2.45) is 7.05 Å². The fraction of sp³-hybridized carbons (Fsp3) is 0.318. The largest absolute Gasteiger partial charge is 0.497 e. The molecule has 0 N–H and O–H groups in total. The van der Waals surface area contributed by atoms with Crippen molar-refractivity contribution < 1.29 is 9.47 Å². The van der Waals surface area contributed by atoms with E-state index in [2.05, 4.69) is 15.0 Å². The number of benzene rings is 1. The lowest BCUT2D eigenvalue weighted by Crippen LogP contribution is -2.34. The van der Waals surface area contributed by atoms with E-state index >= 15 is 0 Å². The lowest BCUT2D eigenvalue weighted by molar-refractivity contribution is 0.232. The molecule has 1 aromatic carbocycles. The van der Waals surface area contributed by atoms with Crippen LogP contribution in [-0.4, -0.2) is 33.3 Å². The number of hydrogen-bond donors (Lipinski definition) is 0. The van der Waals surface area contributed by atoms with Crippen LogP contribution in [0.1, 0.15) is 22.5 Å². The zero-order valence-corrected chi connectivity index (χ0v) is 16.7. The van der Waals surface area contributed by atoms with Crippen molar-refractivity contribution in [1.82, 2.24) is 19.7 Å². The van der Waals surface area contributed by atoms with E-state index in [1.165, 1.54) is 4.68 Å². The van der Waals surface area contributed by atoms with Gasteiger partial charge in [-0.05, 0) is 35.9 Å². The second-order valence-electron chi connectivity index (χ2n) is 7.12. The van der Waals surface area contributed by atoms with Gasteiger partial charge in [-0.15, -0.1) is 0 Å². The molecule has 0 fully saturated rings. The standard InChI is InChI=1S/C22H24N4O3/c1-25-22(27)12-16-13-26(10-8-20(16)24-25)14-17-11-19(28-2)6-7-21(17)29-15-18-5-3-4-9-23-18/h3-7,9,11-12H,8,10,13-15H2,1-2H3. The third kappa shape index (κ3) is 4.46. The van der Waals surface area contributed by atoms with Gasteiger partial charge < -0.3 is 9.47 Å². The molecule has 0 saturated carbocycles. The molecular weight excluding hydrogens is 368 g/mol. The summed E-state index contributed by atoms with van der Waals surface area (Å²) in [6, 6.07) is 13.3. The molecule has 0 radical (unpaired) electrons. The van der Waals surface area contributed by atoms with Gasteiger partial charge in [-0.25, -0.2) is 4.68 Å². The van der Waals surface area contributed by atoms with Crippen molar-refractivity contribution >= 4 is 0 Å². The number of nitrogens with zero attached hydrogens (tertiary/aromatic N) is 4. The van der Waals surface area contributed by atoms with Crippen molar-refractivity contribution in [2.45, 2.75) is 26.1 Å². The molecule has 3 heterocycles. The highest BCUT2D eigenvalue weighted by atomic mass is 16.5. The van der Waals surface area contributed by atoms with Crippen LogP contribution in [0.5, 0.6) is 11.5 Å². The minimum Gasteiger partial charge on any atom is -0.497 e. The van der Waals surface area contributed by atoms with Crippen LogP contribution in [0, 0.1) is 0 Å². The Labute approximate surface area is 169 Å². The molecule has 0 spiro atoms. The first-order valence-electron chi connectivity index (χ1n) is 9.60. The fourth-order valence-electron chi connectivity index (χ4n) is 3.51. The first-order chi connectivity index (χ1) is 14.1. The monoisotopic (exact) mass is 392 g/mol. The van der Waals surface area contributed by atoms with Gasteiger partial charge in [0.1, 0.15) is 18.1 Å². The molecule has 29 heavy (non-hydrogen) atoms. The average Bonchev–Trinajstić information content (AvgIpc) is 2.74. The summed E-state index contributed by atoms with van der Waals surface area (Å²) < 4.78 is 12.9. The van der Waals surface area contributed by atoms with Crippen LogP contribution in [-0.2, 0) is 33.2 Å². The number of methoxy groups -OCH3 is 1. The van der Waals surface area contributed by atoms with E-state index in [0.29, 0.717) is 19.7 Å². The lowest BCUT2D eigenvalue weighted by atomic mass is 10.1. The third-order valence-corrected chi connectivity index (χ3v) is 5.08. The molecule has 0 bridgehead atoms. The Morgan fingerprint density at radius 2 is 2.07 bits per heavy atom. The average molecular weight is 392 g/mol. The molecule has 7 heteroatoms. The smallest absolute Gasteiger partial charge is 0.266 e. The summed E-state index contributed by atoms with van der Waals surface area (Å²) in [5, 5.41) is 4.39.